The zero-order valence-corrected chi connectivity index (χ0v) is 14.0. The van der Waals surface area contributed by atoms with Crippen molar-refractivity contribution < 1.29 is 9.84 Å². The van der Waals surface area contributed by atoms with Crippen LogP contribution in [0.1, 0.15) is 5.56 Å². The normalized spacial score (nSPS) is 16.8. The van der Waals surface area contributed by atoms with E-state index < -0.39 is 6.10 Å². The molecule has 24 heavy (non-hydrogen) atoms. The smallest absolute Gasteiger partial charge is 0.225 e. The summed E-state index contributed by atoms with van der Waals surface area (Å²) in [5.41, 5.74) is 1.15. The summed E-state index contributed by atoms with van der Waals surface area (Å²) in [4.78, 5) is 13.0. The summed E-state index contributed by atoms with van der Waals surface area (Å²) < 4.78 is 5.67. The van der Waals surface area contributed by atoms with E-state index in [9.17, 15) is 5.11 Å². The molecule has 0 bridgehead atoms. The Hall–Kier alpha value is -2.18. The SMILES string of the molecule is Cc1cccc(OCC(O)CN2CCN(c3ncccn3)CC2)c1. The van der Waals surface area contributed by atoms with Crippen LogP contribution in [0, 0.1) is 6.92 Å². The third-order valence-corrected chi connectivity index (χ3v) is 4.11. The van der Waals surface area contributed by atoms with Gasteiger partial charge in [-0.25, -0.2) is 9.97 Å². The Bertz CT molecular complexity index is 630. The molecule has 1 fully saturated rings. The highest BCUT2D eigenvalue weighted by atomic mass is 16.5. The second-order valence-electron chi connectivity index (χ2n) is 6.12. The van der Waals surface area contributed by atoms with Crippen LogP contribution in [0.2, 0.25) is 0 Å². The van der Waals surface area contributed by atoms with Crippen LogP contribution in [0.3, 0.4) is 0 Å². The van der Waals surface area contributed by atoms with E-state index in [0.717, 1.165) is 43.4 Å². The summed E-state index contributed by atoms with van der Waals surface area (Å²) in [7, 11) is 0. The summed E-state index contributed by atoms with van der Waals surface area (Å²) in [5.74, 6) is 1.58. The van der Waals surface area contributed by atoms with Crippen LogP contribution in [0.5, 0.6) is 5.75 Å². The van der Waals surface area contributed by atoms with Crippen molar-refractivity contribution in [1.82, 2.24) is 14.9 Å². The van der Waals surface area contributed by atoms with Gasteiger partial charge in [-0.15, -0.1) is 0 Å². The van der Waals surface area contributed by atoms with Crippen molar-refractivity contribution in [3.63, 3.8) is 0 Å². The largest absolute Gasteiger partial charge is 0.491 e. The Morgan fingerprint density at radius 2 is 1.88 bits per heavy atom. The summed E-state index contributed by atoms with van der Waals surface area (Å²) >= 11 is 0. The number of β-amino-alcohol motifs (C(OH)–C–C–N with tert-alkyl or cyclic N) is 1. The lowest BCUT2D eigenvalue weighted by Gasteiger charge is -2.35. The molecule has 1 unspecified atom stereocenters. The van der Waals surface area contributed by atoms with Crippen LogP contribution < -0.4 is 9.64 Å². The molecule has 0 spiro atoms. The number of hydrogen-bond acceptors (Lipinski definition) is 6. The molecule has 2 heterocycles. The first-order chi connectivity index (χ1) is 11.7. The third kappa shape index (κ3) is 4.66. The van der Waals surface area contributed by atoms with Gasteiger partial charge < -0.3 is 14.7 Å². The fraction of sp³-hybridized carbons (Fsp3) is 0.444. The molecule has 1 aromatic carbocycles. The lowest BCUT2D eigenvalue weighted by Crippen LogP contribution is -2.49. The molecule has 2 aromatic rings. The second kappa shape index (κ2) is 8.08. The fourth-order valence-electron chi connectivity index (χ4n) is 2.83. The van der Waals surface area contributed by atoms with Crippen molar-refractivity contribution in [2.75, 3.05) is 44.2 Å². The van der Waals surface area contributed by atoms with E-state index in [-0.39, 0.29) is 0 Å². The number of ether oxygens (including phenoxy) is 1. The average molecular weight is 328 g/mol. The van der Waals surface area contributed by atoms with Gasteiger partial charge >= 0.3 is 0 Å². The van der Waals surface area contributed by atoms with Crippen molar-refractivity contribution in [3.8, 4) is 5.75 Å². The maximum Gasteiger partial charge on any atom is 0.225 e. The molecular weight excluding hydrogens is 304 g/mol. The van der Waals surface area contributed by atoms with Gasteiger partial charge in [-0.05, 0) is 30.7 Å². The minimum atomic E-state index is -0.495. The minimum Gasteiger partial charge on any atom is -0.491 e. The molecule has 1 aromatic heterocycles. The van der Waals surface area contributed by atoms with Gasteiger partial charge in [-0.1, -0.05) is 12.1 Å². The van der Waals surface area contributed by atoms with Gasteiger partial charge in [-0.3, -0.25) is 4.90 Å². The fourth-order valence-corrected chi connectivity index (χ4v) is 2.83. The molecular formula is C18H24N4O2. The predicted molar refractivity (Wildman–Crippen MR) is 93.4 cm³/mol. The first-order valence-electron chi connectivity index (χ1n) is 8.32. The molecule has 128 valence electrons. The van der Waals surface area contributed by atoms with Crippen molar-refractivity contribution in [1.29, 1.82) is 0 Å². The predicted octanol–water partition coefficient (Wildman–Crippen LogP) is 1.35. The summed E-state index contributed by atoms with van der Waals surface area (Å²) in [6, 6.07) is 9.70. The number of nitrogens with zero attached hydrogens (tertiary/aromatic N) is 4. The number of aromatic nitrogens is 2. The van der Waals surface area contributed by atoms with Gasteiger partial charge in [0.2, 0.25) is 5.95 Å². The minimum absolute atomic E-state index is 0.311. The maximum absolute atomic E-state index is 10.2. The van der Waals surface area contributed by atoms with Crippen molar-refractivity contribution >= 4 is 5.95 Å². The third-order valence-electron chi connectivity index (χ3n) is 4.11. The monoisotopic (exact) mass is 328 g/mol. The first kappa shape index (κ1) is 16.7. The molecule has 1 N–H and O–H groups in total. The van der Waals surface area contributed by atoms with Gasteiger partial charge in [0.25, 0.3) is 0 Å². The highest BCUT2D eigenvalue weighted by Crippen LogP contribution is 2.13. The number of hydrogen-bond donors (Lipinski definition) is 1. The number of benzene rings is 1. The van der Waals surface area contributed by atoms with E-state index in [1.165, 1.54) is 0 Å². The van der Waals surface area contributed by atoms with Gasteiger partial charge in [-0.2, -0.15) is 0 Å². The summed E-state index contributed by atoms with van der Waals surface area (Å²) in [6.45, 7) is 6.48. The molecule has 6 heteroatoms. The Morgan fingerprint density at radius 3 is 2.58 bits per heavy atom. The molecule has 0 saturated carbocycles. The van der Waals surface area contributed by atoms with E-state index in [0.29, 0.717) is 13.2 Å². The highest BCUT2D eigenvalue weighted by molar-refractivity contribution is 5.29. The van der Waals surface area contributed by atoms with Crippen LogP contribution in [0.25, 0.3) is 0 Å². The molecule has 0 amide bonds. The van der Waals surface area contributed by atoms with Crippen LogP contribution in [-0.2, 0) is 0 Å². The quantitative estimate of drug-likeness (QED) is 0.864. The van der Waals surface area contributed by atoms with Crippen molar-refractivity contribution in [3.05, 3.63) is 48.3 Å². The zero-order valence-electron chi connectivity index (χ0n) is 14.0. The van der Waals surface area contributed by atoms with E-state index in [2.05, 4.69) is 19.8 Å². The molecule has 3 rings (SSSR count). The van der Waals surface area contributed by atoms with E-state index in [4.69, 9.17) is 4.74 Å². The molecule has 0 aliphatic carbocycles. The molecule has 1 aliphatic heterocycles. The number of piperazine rings is 1. The van der Waals surface area contributed by atoms with Crippen LogP contribution in [0.4, 0.5) is 5.95 Å². The van der Waals surface area contributed by atoms with Crippen LogP contribution >= 0.6 is 0 Å². The lowest BCUT2D eigenvalue weighted by atomic mass is 10.2. The number of aliphatic hydroxyl groups is 1. The topological polar surface area (TPSA) is 61.7 Å². The molecule has 1 saturated heterocycles. The lowest BCUT2D eigenvalue weighted by molar-refractivity contribution is 0.0662. The number of anilines is 1. The van der Waals surface area contributed by atoms with Gasteiger partial charge in [0.15, 0.2) is 0 Å². The Balaban J connectivity index is 1.41. The van der Waals surface area contributed by atoms with Crippen LogP contribution in [0.15, 0.2) is 42.7 Å². The Kier molecular flexibility index (Phi) is 5.61. The van der Waals surface area contributed by atoms with E-state index in [1.54, 1.807) is 12.4 Å². The standard InChI is InChI=1S/C18H24N4O2/c1-15-4-2-5-17(12-15)24-14-16(23)13-21-8-10-22(11-9-21)18-19-6-3-7-20-18/h2-7,12,16,23H,8-11,13-14H2,1H3. The second-order valence-corrected chi connectivity index (χ2v) is 6.12. The van der Waals surface area contributed by atoms with Crippen LogP contribution in [-0.4, -0.2) is 65.4 Å². The number of aryl methyl sites for hydroxylation is 1. The Morgan fingerprint density at radius 1 is 1.12 bits per heavy atom. The summed E-state index contributed by atoms with van der Waals surface area (Å²) in [5, 5.41) is 10.2. The zero-order chi connectivity index (χ0) is 16.8. The van der Waals surface area contributed by atoms with Gasteiger partial charge in [0, 0.05) is 45.1 Å². The average Bonchev–Trinajstić information content (AvgIpc) is 2.61. The molecule has 1 aliphatic rings. The number of aliphatic hydroxyl groups excluding tert-OH is 1. The van der Waals surface area contributed by atoms with E-state index >= 15 is 0 Å². The van der Waals surface area contributed by atoms with E-state index in [1.807, 2.05) is 37.3 Å². The van der Waals surface area contributed by atoms with Crippen molar-refractivity contribution in [2.24, 2.45) is 0 Å². The van der Waals surface area contributed by atoms with Gasteiger partial charge in [0.1, 0.15) is 18.5 Å². The number of rotatable bonds is 6. The Labute approximate surface area is 142 Å². The molecule has 6 nitrogen and oxygen atoms in total. The summed E-state index contributed by atoms with van der Waals surface area (Å²) in [6.07, 6.45) is 3.03. The van der Waals surface area contributed by atoms with Gasteiger partial charge in [0.05, 0.1) is 0 Å². The first-order valence-corrected chi connectivity index (χ1v) is 8.32. The maximum atomic E-state index is 10.2. The van der Waals surface area contributed by atoms with Crippen molar-refractivity contribution in [2.45, 2.75) is 13.0 Å². The highest BCUT2D eigenvalue weighted by Gasteiger charge is 2.20. The molecule has 0 radical (unpaired) electrons. The molecule has 1 atom stereocenters.